The van der Waals surface area contributed by atoms with Crippen LogP contribution in [0.4, 0.5) is 0 Å². The Labute approximate surface area is 143 Å². The van der Waals surface area contributed by atoms with Crippen molar-refractivity contribution in [2.75, 3.05) is 0 Å². The van der Waals surface area contributed by atoms with Gasteiger partial charge in [0.25, 0.3) is 0 Å². The quantitative estimate of drug-likeness (QED) is 0.401. The molecule has 1 rings (SSSR count). The van der Waals surface area contributed by atoms with Gasteiger partial charge in [-0.05, 0) is 62.7 Å². The molecule has 22 heavy (non-hydrogen) atoms. The van der Waals surface area contributed by atoms with Gasteiger partial charge in [0.15, 0.2) is 0 Å². The number of allylic oxidation sites excluding steroid dienone is 10. The Morgan fingerprint density at radius 2 is 1.95 bits per heavy atom. The summed E-state index contributed by atoms with van der Waals surface area (Å²) in [5, 5.41) is 8.66. The summed E-state index contributed by atoms with van der Waals surface area (Å²) in [5.41, 5.74) is 5.41. The minimum absolute atomic E-state index is 0.279. The Balaban J connectivity index is 2.90. The molecule has 0 aromatic rings. The first-order valence-electron chi connectivity index (χ1n) is 7.77. The molecule has 0 aromatic carbocycles. The minimum Gasteiger partial charge on any atom is -0.193 e. The zero-order valence-electron chi connectivity index (χ0n) is 14.3. The van der Waals surface area contributed by atoms with Crippen LogP contribution in [0.1, 0.15) is 53.9 Å². The fourth-order valence-electron chi connectivity index (χ4n) is 2.78. The van der Waals surface area contributed by atoms with Crippen molar-refractivity contribution in [2.24, 2.45) is 5.41 Å². The zero-order chi connectivity index (χ0) is 16.8. The summed E-state index contributed by atoms with van der Waals surface area (Å²) in [7, 11) is 0. The van der Waals surface area contributed by atoms with Crippen LogP contribution in [0, 0.1) is 16.7 Å². The number of halogens is 1. The summed E-state index contributed by atoms with van der Waals surface area (Å²) in [6.07, 6.45) is 13.8. The van der Waals surface area contributed by atoms with Crippen LogP contribution in [-0.2, 0) is 0 Å². The van der Waals surface area contributed by atoms with Crippen LogP contribution in [-0.4, -0.2) is 0 Å². The highest BCUT2D eigenvalue weighted by Gasteiger charge is 2.26. The first-order valence-corrected chi connectivity index (χ1v) is 8.56. The van der Waals surface area contributed by atoms with Gasteiger partial charge in [0.05, 0.1) is 6.07 Å². The van der Waals surface area contributed by atoms with Crippen molar-refractivity contribution < 1.29 is 0 Å². The third-order valence-electron chi connectivity index (χ3n) is 4.21. The second-order valence-corrected chi connectivity index (χ2v) is 7.50. The number of rotatable bonds is 4. The molecule has 1 aliphatic carbocycles. The van der Waals surface area contributed by atoms with Gasteiger partial charge in [-0.2, -0.15) is 5.26 Å². The zero-order valence-corrected chi connectivity index (χ0v) is 15.9. The minimum atomic E-state index is 0.279. The molecule has 0 aliphatic heterocycles. The Bertz CT molecular complexity index is 604. The summed E-state index contributed by atoms with van der Waals surface area (Å²) < 4.78 is 0.940. The lowest BCUT2D eigenvalue weighted by Gasteiger charge is -2.32. The molecule has 0 saturated heterocycles. The van der Waals surface area contributed by atoms with Crippen molar-refractivity contribution in [1.82, 2.24) is 0 Å². The lowest BCUT2D eigenvalue weighted by molar-refractivity contribution is 0.377. The van der Waals surface area contributed by atoms with E-state index in [1.807, 2.05) is 19.1 Å². The molecule has 2 heteroatoms. The molecule has 0 heterocycles. The SMILES string of the molecule is CC1=C(/C=C/C(C)=C/C=C(Br)/C(C)=C/C#N)C(C)(C)CCC1. The average molecular weight is 360 g/mol. The van der Waals surface area contributed by atoms with Crippen LogP contribution in [0.3, 0.4) is 0 Å². The van der Waals surface area contributed by atoms with E-state index in [-0.39, 0.29) is 5.41 Å². The van der Waals surface area contributed by atoms with E-state index < -0.39 is 0 Å². The van der Waals surface area contributed by atoms with Crippen molar-refractivity contribution in [3.8, 4) is 6.07 Å². The molecule has 0 spiro atoms. The molecule has 118 valence electrons. The van der Waals surface area contributed by atoms with Gasteiger partial charge in [-0.1, -0.05) is 59.2 Å². The van der Waals surface area contributed by atoms with E-state index in [4.69, 9.17) is 5.26 Å². The summed E-state index contributed by atoms with van der Waals surface area (Å²) in [6.45, 7) is 10.9. The van der Waals surface area contributed by atoms with Gasteiger partial charge in [-0.25, -0.2) is 0 Å². The molecule has 0 unspecified atom stereocenters. The fourth-order valence-corrected chi connectivity index (χ4v) is 3.03. The van der Waals surface area contributed by atoms with Crippen LogP contribution in [0.2, 0.25) is 0 Å². The molecule has 0 N–H and O–H groups in total. The van der Waals surface area contributed by atoms with Crippen molar-refractivity contribution in [2.45, 2.75) is 53.9 Å². The summed E-state index contributed by atoms with van der Waals surface area (Å²) in [5.74, 6) is 0. The van der Waals surface area contributed by atoms with Crippen LogP contribution >= 0.6 is 15.9 Å². The third kappa shape index (κ3) is 5.46. The van der Waals surface area contributed by atoms with Gasteiger partial charge >= 0.3 is 0 Å². The highest BCUT2D eigenvalue weighted by molar-refractivity contribution is 9.12. The predicted molar refractivity (Wildman–Crippen MR) is 99.6 cm³/mol. The molecule has 0 aromatic heterocycles. The lowest BCUT2D eigenvalue weighted by atomic mass is 9.72. The largest absolute Gasteiger partial charge is 0.193 e. The third-order valence-corrected chi connectivity index (χ3v) is 5.10. The van der Waals surface area contributed by atoms with E-state index in [2.05, 4.69) is 61.9 Å². The molecular weight excluding hydrogens is 334 g/mol. The molecule has 1 nitrogen and oxygen atoms in total. The first kappa shape index (κ1) is 18.7. The van der Waals surface area contributed by atoms with Crippen molar-refractivity contribution in [3.05, 3.63) is 57.2 Å². The molecule has 1 aliphatic rings. The van der Waals surface area contributed by atoms with Gasteiger partial charge < -0.3 is 0 Å². The Hall–Kier alpha value is -1.33. The van der Waals surface area contributed by atoms with Crippen LogP contribution in [0.15, 0.2) is 57.2 Å². The second-order valence-electron chi connectivity index (χ2n) is 6.65. The summed E-state index contributed by atoms with van der Waals surface area (Å²) >= 11 is 3.49. The number of nitriles is 1. The van der Waals surface area contributed by atoms with E-state index >= 15 is 0 Å². The van der Waals surface area contributed by atoms with E-state index in [9.17, 15) is 0 Å². The number of hydrogen-bond acceptors (Lipinski definition) is 1. The highest BCUT2D eigenvalue weighted by Crippen LogP contribution is 2.40. The van der Waals surface area contributed by atoms with Gasteiger partial charge in [0.2, 0.25) is 0 Å². The van der Waals surface area contributed by atoms with Crippen LogP contribution in [0.25, 0.3) is 0 Å². The smallest absolute Gasteiger partial charge is 0.0915 e. The molecule has 0 fully saturated rings. The summed E-state index contributed by atoms with van der Waals surface area (Å²) in [6, 6.07) is 2.04. The maximum atomic E-state index is 8.66. The van der Waals surface area contributed by atoms with Crippen molar-refractivity contribution >= 4 is 15.9 Å². The number of hydrogen-bond donors (Lipinski definition) is 0. The Morgan fingerprint density at radius 3 is 2.55 bits per heavy atom. The van der Waals surface area contributed by atoms with E-state index in [1.165, 1.54) is 42.1 Å². The van der Waals surface area contributed by atoms with Gasteiger partial charge in [0.1, 0.15) is 0 Å². The fraction of sp³-hybridized carbons (Fsp3) is 0.450. The van der Waals surface area contributed by atoms with Gasteiger partial charge in [0, 0.05) is 10.6 Å². The predicted octanol–water partition coefficient (Wildman–Crippen LogP) is 6.76. The molecule has 0 amide bonds. The van der Waals surface area contributed by atoms with Crippen LogP contribution in [0.5, 0.6) is 0 Å². The second kappa shape index (κ2) is 8.34. The Kier molecular flexibility index (Phi) is 7.10. The van der Waals surface area contributed by atoms with E-state index in [1.54, 1.807) is 0 Å². The van der Waals surface area contributed by atoms with Gasteiger partial charge in [-0.15, -0.1) is 0 Å². The van der Waals surface area contributed by atoms with Crippen LogP contribution < -0.4 is 0 Å². The van der Waals surface area contributed by atoms with E-state index in [0.717, 1.165) is 10.1 Å². The maximum Gasteiger partial charge on any atom is 0.0915 e. The van der Waals surface area contributed by atoms with Gasteiger partial charge in [-0.3, -0.25) is 0 Å². The van der Waals surface area contributed by atoms with Crippen molar-refractivity contribution in [3.63, 3.8) is 0 Å². The molecular formula is C20H26BrN. The Morgan fingerprint density at radius 1 is 1.27 bits per heavy atom. The lowest BCUT2D eigenvalue weighted by Crippen LogP contribution is -2.19. The topological polar surface area (TPSA) is 23.8 Å². The first-order chi connectivity index (χ1) is 10.3. The number of nitrogens with zero attached hydrogens (tertiary/aromatic N) is 1. The summed E-state index contributed by atoms with van der Waals surface area (Å²) in [4.78, 5) is 0. The molecule has 0 atom stereocenters. The molecule has 0 radical (unpaired) electrons. The monoisotopic (exact) mass is 359 g/mol. The van der Waals surface area contributed by atoms with E-state index in [0.29, 0.717) is 0 Å². The average Bonchev–Trinajstić information content (AvgIpc) is 2.43. The maximum absolute atomic E-state index is 8.66. The highest BCUT2D eigenvalue weighted by atomic mass is 79.9. The molecule has 0 saturated carbocycles. The standard InChI is InChI=1S/C20H26BrN/c1-15(9-11-19(21)17(3)12-14-22)8-10-18-16(2)7-6-13-20(18,4)5/h8-12H,6-7,13H2,1-5H3/b10-8+,15-9+,17-12+,19-11-. The van der Waals surface area contributed by atoms with Crippen molar-refractivity contribution in [1.29, 1.82) is 5.26 Å². The molecule has 0 bridgehead atoms. The normalized spacial score (nSPS) is 20.5.